The van der Waals surface area contributed by atoms with Crippen LogP contribution < -0.4 is 5.32 Å². The number of methoxy groups -OCH3 is 1. The first-order valence-corrected chi connectivity index (χ1v) is 5.73. The molecule has 1 aromatic heterocycles. The van der Waals surface area contributed by atoms with Crippen LogP contribution in [0.1, 0.15) is 32.9 Å². The summed E-state index contributed by atoms with van der Waals surface area (Å²) in [6.45, 7) is 7.69. The van der Waals surface area contributed by atoms with Crippen LogP contribution in [-0.4, -0.2) is 28.2 Å². The molecule has 0 bridgehead atoms. The summed E-state index contributed by atoms with van der Waals surface area (Å²) in [6.07, 6.45) is 3.92. The summed E-state index contributed by atoms with van der Waals surface area (Å²) in [5, 5.41) is 3.39. The third-order valence-electron chi connectivity index (χ3n) is 2.38. The van der Waals surface area contributed by atoms with Gasteiger partial charge in [-0.1, -0.05) is 0 Å². The van der Waals surface area contributed by atoms with Gasteiger partial charge in [-0.2, -0.15) is 0 Å². The molecule has 1 aromatic rings. The van der Waals surface area contributed by atoms with Crippen molar-refractivity contribution in [2.75, 3.05) is 7.11 Å². The van der Waals surface area contributed by atoms with Crippen molar-refractivity contribution in [1.82, 2.24) is 14.9 Å². The summed E-state index contributed by atoms with van der Waals surface area (Å²) in [6, 6.07) is 0. The van der Waals surface area contributed by atoms with Crippen LogP contribution in [-0.2, 0) is 22.6 Å². The van der Waals surface area contributed by atoms with Crippen molar-refractivity contribution in [2.45, 2.75) is 45.8 Å². The van der Waals surface area contributed by atoms with E-state index in [4.69, 9.17) is 0 Å². The Kier molecular flexibility index (Phi) is 4.69. The number of hydrogen-bond acceptors (Lipinski definition) is 4. The van der Waals surface area contributed by atoms with Crippen LogP contribution in [0.4, 0.5) is 0 Å². The predicted octanol–water partition coefficient (Wildman–Crippen LogP) is 1.33. The molecule has 1 rings (SSSR count). The molecule has 17 heavy (non-hydrogen) atoms. The lowest BCUT2D eigenvalue weighted by Gasteiger charge is -2.20. The number of hydrogen-bond donors (Lipinski definition) is 1. The maximum atomic E-state index is 11.1. The van der Waals surface area contributed by atoms with Gasteiger partial charge in [0.05, 0.1) is 25.6 Å². The summed E-state index contributed by atoms with van der Waals surface area (Å²) in [5.74, 6) is -0.201. The summed E-state index contributed by atoms with van der Waals surface area (Å²) in [7, 11) is 1.40. The van der Waals surface area contributed by atoms with E-state index >= 15 is 0 Å². The highest BCUT2D eigenvalue weighted by Crippen LogP contribution is 2.05. The van der Waals surface area contributed by atoms with Crippen LogP contribution in [0.5, 0.6) is 0 Å². The average molecular weight is 239 g/mol. The molecule has 0 unspecified atom stereocenters. The van der Waals surface area contributed by atoms with Gasteiger partial charge >= 0.3 is 5.97 Å². The molecule has 0 aromatic carbocycles. The van der Waals surface area contributed by atoms with Crippen molar-refractivity contribution in [3.63, 3.8) is 0 Å². The zero-order chi connectivity index (χ0) is 12.9. The molecule has 0 aliphatic carbocycles. The molecule has 0 spiro atoms. The summed E-state index contributed by atoms with van der Waals surface area (Å²) < 4.78 is 6.58. The highest BCUT2D eigenvalue weighted by Gasteiger charge is 2.11. The Bertz CT molecular complexity index is 366. The van der Waals surface area contributed by atoms with Gasteiger partial charge in [-0.15, -0.1) is 0 Å². The number of nitrogens with one attached hydrogen (secondary N) is 1. The van der Waals surface area contributed by atoms with E-state index in [1.807, 2.05) is 10.8 Å². The smallest absolute Gasteiger partial charge is 0.307 e. The maximum absolute atomic E-state index is 11.1. The molecule has 0 fully saturated rings. The van der Waals surface area contributed by atoms with E-state index in [0.717, 1.165) is 12.2 Å². The van der Waals surface area contributed by atoms with Gasteiger partial charge < -0.3 is 14.6 Å². The lowest BCUT2D eigenvalue weighted by Crippen LogP contribution is -2.35. The van der Waals surface area contributed by atoms with Gasteiger partial charge in [0.2, 0.25) is 0 Å². The summed E-state index contributed by atoms with van der Waals surface area (Å²) >= 11 is 0. The number of ether oxygens (including phenoxy) is 1. The molecule has 0 atom stereocenters. The summed E-state index contributed by atoms with van der Waals surface area (Å²) in [4.78, 5) is 15.2. The fourth-order valence-corrected chi connectivity index (χ4v) is 1.37. The Hall–Kier alpha value is -1.36. The van der Waals surface area contributed by atoms with Crippen LogP contribution in [0.2, 0.25) is 0 Å². The fourth-order valence-electron chi connectivity index (χ4n) is 1.37. The van der Waals surface area contributed by atoms with Crippen LogP contribution in [0.15, 0.2) is 12.5 Å². The van der Waals surface area contributed by atoms with Crippen molar-refractivity contribution < 1.29 is 9.53 Å². The van der Waals surface area contributed by atoms with Crippen molar-refractivity contribution in [2.24, 2.45) is 0 Å². The minimum Gasteiger partial charge on any atom is -0.469 e. The molecule has 0 radical (unpaired) electrons. The Morgan fingerprint density at radius 3 is 2.82 bits per heavy atom. The molecule has 5 heteroatoms. The number of aryl methyl sites for hydroxylation is 1. The monoisotopic (exact) mass is 239 g/mol. The van der Waals surface area contributed by atoms with Crippen molar-refractivity contribution in [3.8, 4) is 0 Å². The summed E-state index contributed by atoms with van der Waals surface area (Å²) in [5.41, 5.74) is 1.14. The number of imidazole rings is 1. The molecule has 1 heterocycles. The van der Waals surface area contributed by atoms with Gasteiger partial charge in [0.25, 0.3) is 0 Å². The van der Waals surface area contributed by atoms with Crippen LogP contribution in [0.25, 0.3) is 0 Å². The molecule has 0 aliphatic heterocycles. The van der Waals surface area contributed by atoms with E-state index < -0.39 is 0 Å². The van der Waals surface area contributed by atoms with Crippen molar-refractivity contribution in [1.29, 1.82) is 0 Å². The minimum absolute atomic E-state index is 0.0669. The number of carbonyl (C=O) groups excluding carboxylic acids is 1. The second kappa shape index (κ2) is 5.82. The van der Waals surface area contributed by atoms with E-state index in [0.29, 0.717) is 13.0 Å². The lowest BCUT2D eigenvalue weighted by atomic mass is 10.1. The molecule has 5 nitrogen and oxygen atoms in total. The van der Waals surface area contributed by atoms with Gasteiger partial charge in [0, 0.05) is 24.8 Å². The number of rotatable bonds is 5. The Balaban J connectivity index is 2.51. The topological polar surface area (TPSA) is 56.2 Å². The molecule has 0 aliphatic rings. The second-order valence-electron chi connectivity index (χ2n) is 5.01. The highest BCUT2D eigenvalue weighted by atomic mass is 16.5. The number of esters is 1. The minimum atomic E-state index is -0.201. The van der Waals surface area contributed by atoms with Gasteiger partial charge in [-0.25, -0.2) is 4.98 Å². The first kappa shape index (κ1) is 13.7. The van der Waals surface area contributed by atoms with E-state index in [1.165, 1.54) is 7.11 Å². The zero-order valence-electron chi connectivity index (χ0n) is 11.0. The fraction of sp³-hybridized carbons (Fsp3) is 0.667. The highest BCUT2D eigenvalue weighted by molar-refractivity contribution is 5.68. The molecule has 96 valence electrons. The molecule has 0 saturated carbocycles. The maximum Gasteiger partial charge on any atom is 0.307 e. The third kappa shape index (κ3) is 4.99. The van der Waals surface area contributed by atoms with Crippen LogP contribution in [0.3, 0.4) is 0 Å². The van der Waals surface area contributed by atoms with E-state index in [2.05, 4.69) is 35.8 Å². The van der Waals surface area contributed by atoms with Crippen LogP contribution in [0, 0.1) is 0 Å². The SMILES string of the molecule is COC(=O)CCn1cncc1CNC(C)(C)C. The number of carbonyl (C=O) groups is 1. The zero-order valence-corrected chi connectivity index (χ0v) is 11.0. The lowest BCUT2D eigenvalue weighted by molar-refractivity contribution is -0.140. The standard InChI is InChI=1S/C12H21N3O2/c1-12(2,3)14-8-10-7-13-9-15(10)6-5-11(16)17-4/h7,9,14H,5-6,8H2,1-4H3. The van der Waals surface area contributed by atoms with Crippen LogP contribution >= 0.6 is 0 Å². The Morgan fingerprint density at radius 1 is 1.53 bits per heavy atom. The first-order valence-electron chi connectivity index (χ1n) is 5.73. The number of aromatic nitrogens is 2. The van der Waals surface area contributed by atoms with Gasteiger partial charge in [0.1, 0.15) is 0 Å². The van der Waals surface area contributed by atoms with E-state index in [-0.39, 0.29) is 11.5 Å². The van der Waals surface area contributed by atoms with Gasteiger partial charge in [-0.3, -0.25) is 4.79 Å². The van der Waals surface area contributed by atoms with Crippen molar-refractivity contribution >= 4 is 5.97 Å². The van der Waals surface area contributed by atoms with Crippen molar-refractivity contribution in [3.05, 3.63) is 18.2 Å². The number of nitrogens with zero attached hydrogens (tertiary/aromatic N) is 2. The predicted molar refractivity (Wildman–Crippen MR) is 65.5 cm³/mol. The molecular formula is C12H21N3O2. The molecule has 0 amide bonds. The second-order valence-corrected chi connectivity index (χ2v) is 5.01. The molecule has 0 saturated heterocycles. The Morgan fingerprint density at radius 2 is 2.24 bits per heavy atom. The first-order chi connectivity index (χ1) is 7.92. The van der Waals surface area contributed by atoms with E-state index in [1.54, 1.807) is 6.33 Å². The third-order valence-corrected chi connectivity index (χ3v) is 2.38. The average Bonchev–Trinajstić information content (AvgIpc) is 2.69. The normalized spacial score (nSPS) is 11.5. The van der Waals surface area contributed by atoms with Gasteiger partial charge in [-0.05, 0) is 20.8 Å². The quantitative estimate of drug-likeness (QED) is 0.788. The molecule has 1 N–H and O–H groups in total. The largest absolute Gasteiger partial charge is 0.469 e. The Labute approximate surface area is 102 Å². The van der Waals surface area contributed by atoms with Gasteiger partial charge in [0.15, 0.2) is 0 Å². The van der Waals surface area contributed by atoms with E-state index in [9.17, 15) is 4.79 Å². The molecular weight excluding hydrogens is 218 g/mol.